The number of carbonyl (C=O) groups excluding carboxylic acids is 4. The Bertz CT molecular complexity index is 1430. The van der Waals surface area contributed by atoms with E-state index in [1.165, 1.54) is 54.6 Å². The van der Waals surface area contributed by atoms with Crippen molar-refractivity contribution in [2.24, 2.45) is 0 Å². The highest BCUT2D eigenvalue weighted by molar-refractivity contribution is 6.31. The summed E-state index contributed by atoms with van der Waals surface area (Å²) in [5.74, 6) is -6.66. The molecule has 1 heterocycles. The van der Waals surface area contributed by atoms with Crippen LogP contribution in [-0.4, -0.2) is 35.9 Å². The Morgan fingerprint density at radius 2 is 1.56 bits per heavy atom. The number of nitrogens with zero attached hydrogens (tertiary/aromatic N) is 1. The van der Waals surface area contributed by atoms with E-state index in [1.807, 2.05) is 0 Å². The summed E-state index contributed by atoms with van der Waals surface area (Å²) in [6, 6.07) is 17.8. The van der Waals surface area contributed by atoms with E-state index in [0.29, 0.717) is 16.3 Å². The molecule has 0 saturated heterocycles. The summed E-state index contributed by atoms with van der Waals surface area (Å²) in [6.45, 7) is 2.04. The quantitative estimate of drug-likeness (QED) is 0.400. The Kier molecular flexibility index (Phi) is 7.96. The Labute approximate surface area is 227 Å². The largest absolute Gasteiger partial charge is 0.451 e. The minimum atomic E-state index is -3.68. The number of amides is 2. The van der Waals surface area contributed by atoms with Gasteiger partial charge in [0.15, 0.2) is 12.3 Å². The number of carbonyl (C=O) groups is 4. The summed E-state index contributed by atoms with van der Waals surface area (Å²) in [6.07, 6.45) is -4.82. The first kappa shape index (κ1) is 27.7. The maximum absolute atomic E-state index is 15.4. The van der Waals surface area contributed by atoms with Gasteiger partial charge in [-0.15, -0.1) is 0 Å². The van der Waals surface area contributed by atoms with E-state index in [9.17, 15) is 19.2 Å². The van der Waals surface area contributed by atoms with Crippen molar-refractivity contribution in [2.45, 2.75) is 38.5 Å². The van der Waals surface area contributed by atoms with E-state index in [0.717, 1.165) is 18.7 Å². The standard InChI is InChI=1S/C28H23ClF2N2O6/c1-16(34)38-24-15-28(30,31)25(39-17(2)35)22-8-3-4-9-23(22)33(24)27(37)18-10-12-21(13-11-18)32-26(36)19-6-5-7-20(29)14-19/h3-14,24-25H,15H2,1-2H3,(H,32,36). The summed E-state index contributed by atoms with van der Waals surface area (Å²) >= 11 is 5.94. The van der Waals surface area contributed by atoms with Gasteiger partial charge in [-0.05, 0) is 48.5 Å². The van der Waals surface area contributed by atoms with Crippen LogP contribution in [0, 0.1) is 0 Å². The van der Waals surface area contributed by atoms with Gasteiger partial charge in [-0.3, -0.25) is 24.1 Å². The van der Waals surface area contributed by atoms with E-state index in [4.69, 9.17) is 21.1 Å². The average molecular weight is 557 g/mol. The lowest BCUT2D eigenvalue weighted by Crippen LogP contribution is -2.45. The van der Waals surface area contributed by atoms with Gasteiger partial charge in [-0.1, -0.05) is 35.9 Å². The third-order valence-corrected chi connectivity index (χ3v) is 6.11. The molecule has 4 rings (SSSR count). The fourth-order valence-electron chi connectivity index (χ4n) is 4.25. The maximum Gasteiger partial charge on any atom is 0.304 e. The molecule has 0 saturated carbocycles. The number of esters is 2. The Balaban J connectivity index is 1.69. The zero-order valence-electron chi connectivity index (χ0n) is 20.8. The molecule has 8 nitrogen and oxygen atoms in total. The molecule has 0 bridgehead atoms. The molecule has 11 heteroatoms. The molecule has 2 amide bonds. The first-order chi connectivity index (χ1) is 18.5. The SMILES string of the molecule is CC(=O)OC1CC(F)(F)C(OC(C)=O)c2ccccc2N1C(=O)c1ccc(NC(=O)c2cccc(Cl)c2)cc1. The van der Waals surface area contributed by atoms with Crippen molar-refractivity contribution in [2.75, 3.05) is 10.2 Å². The molecule has 1 aliphatic rings. The molecule has 2 atom stereocenters. The van der Waals surface area contributed by atoms with Gasteiger partial charge in [0.2, 0.25) is 0 Å². The summed E-state index contributed by atoms with van der Waals surface area (Å²) < 4.78 is 40.9. The van der Waals surface area contributed by atoms with Crippen LogP contribution in [0.5, 0.6) is 0 Å². The van der Waals surface area contributed by atoms with Crippen LogP contribution in [-0.2, 0) is 19.1 Å². The number of hydrogen-bond donors (Lipinski definition) is 1. The Hall–Kier alpha value is -4.31. The second-order valence-electron chi connectivity index (χ2n) is 8.79. The molecular weight excluding hydrogens is 534 g/mol. The molecule has 3 aromatic carbocycles. The molecule has 1 N–H and O–H groups in total. The molecular formula is C28H23ClF2N2O6. The molecule has 2 unspecified atom stereocenters. The third-order valence-electron chi connectivity index (χ3n) is 5.88. The molecule has 0 spiro atoms. The number of alkyl halides is 2. The van der Waals surface area contributed by atoms with Crippen molar-refractivity contribution in [3.05, 3.63) is 94.5 Å². The van der Waals surface area contributed by atoms with E-state index >= 15 is 8.78 Å². The van der Waals surface area contributed by atoms with Crippen molar-refractivity contribution < 1.29 is 37.4 Å². The number of halogens is 3. The smallest absolute Gasteiger partial charge is 0.304 e. The lowest BCUT2D eigenvalue weighted by molar-refractivity contribution is -0.181. The first-order valence-electron chi connectivity index (χ1n) is 11.8. The second-order valence-corrected chi connectivity index (χ2v) is 9.23. The lowest BCUT2D eigenvalue weighted by Gasteiger charge is -2.31. The fraction of sp³-hybridized carbons (Fsp3) is 0.214. The minimum Gasteiger partial charge on any atom is -0.451 e. The van der Waals surface area contributed by atoms with Crippen molar-refractivity contribution in [3.8, 4) is 0 Å². The minimum absolute atomic E-state index is 0.00416. The van der Waals surface area contributed by atoms with Gasteiger partial charge in [0.1, 0.15) is 0 Å². The molecule has 3 aromatic rings. The summed E-state index contributed by atoms with van der Waals surface area (Å²) in [5, 5.41) is 3.08. The van der Waals surface area contributed by atoms with Gasteiger partial charge >= 0.3 is 11.9 Å². The number of rotatable bonds is 5. The normalized spacial score (nSPS) is 17.8. The highest BCUT2D eigenvalue weighted by atomic mass is 35.5. The zero-order valence-corrected chi connectivity index (χ0v) is 21.6. The van der Waals surface area contributed by atoms with Crippen molar-refractivity contribution in [1.29, 1.82) is 0 Å². The second kappa shape index (κ2) is 11.2. The zero-order chi connectivity index (χ0) is 28.3. The van der Waals surface area contributed by atoms with Crippen LogP contribution in [0.15, 0.2) is 72.8 Å². The van der Waals surface area contributed by atoms with Gasteiger partial charge in [-0.2, -0.15) is 0 Å². The van der Waals surface area contributed by atoms with E-state index in [-0.39, 0.29) is 16.8 Å². The van der Waals surface area contributed by atoms with Gasteiger partial charge in [0.25, 0.3) is 17.7 Å². The number of anilines is 2. The summed E-state index contributed by atoms with van der Waals surface area (Å²) in [5.41, 5.74) is 0.640. The van der Waals surface area contributed by atoms with Crippen LogP contribution in [0.25, 0.3) is 0 Å². The average Bonchev–Trinajstić information content (AvgIpc) is 2.95. The number of fused-ring (bicyclic) bond motifs is 1. The topological polar surface area (TPSA) is 102 Å². The molecule has 0 fully saturated rings. The highest BCUT2D eigenvalue weighted by Gasteiger charge is 2.52. The molecule has 0 aliphatic carbocycles. The van der Waals surface area contributed by atoms with Crippen LogP contribution >= 0.6 is 11.6 Å². The Morgan fingerprint density at radius 1 is 0.897 bits per heavy atom. The van der Waals surface area contributed by atoms with Gasteiger partial charge in [0, 0.05) is 41.2 Å². The number of ether oxygens (including phenoxy) is 2. The number of hydrogen-bond acceptors (Lipinski definition) is 6. The van der Waals surface area contributed by atoms with E-state index in [1.54, 1.807) is 18.2 Å². The van der Waals surface area contributed by atoms with Crippen LogP contribution in [0.1, 0.15) is 52.7 Å². The number of para-hydroxylation sites is 1. The molecule has 0 radical (unpaired) electrons. The highest BCUT2D eigenvalue weighted by Crippen LogP contribution is 2.47. The van der Waals surface area contributed by atoms with E-state index < -0.39 is 48.4 Å². The summed E-state index contributed by atoms with van der Waals surface area (Å²) in [7, 11) is 0. The molecule has 39 heavy (non-hydrogen) atoms. The lowest BCUT2D eigenvalue weighted by atomic mass is 10.0. The van der Waals surface area contributed by atoms with Crippen molar-refractivity contribution in [1.82, 2.24) is 0 Å². The fourth-order valence-corrected chi connectivity index (χ4v) is 4.44. The monoisotopic (exact) mass is 556 g/mol. The van der Waals surface area contributed by atoms with Crippen molar-refractivity contribution in [3.63, 3.8) is 0 Å². The van der Waals surface area contributed by atoms with Gasteiger partial charge in [-0.25, -0.2) is 8.78 Å². The van der Waals surface area contributed by atoms with Crippen LogP contribution in [0.3, 0.4) is 0 Å². The Morgan fingerprint density at radius 3 is 2.21 bits per heavy atom. The van der Waals surface area contributed by atoms with Gasteiger partial charge < -0.3 is 14.8 Å². The first-order valence-corrected chi connectivity index (χ1v) is 12.2. The van der Waals surface area contributed by atoms with E-state index in [2.05, 4.69) is 5.32 Å². The summed E-state index contributed by atoms with van der Waals surface area (Å²) in [4.78, 5) is 50.7. The van der Waals surface area contributed by atoms with Crippen LogP contribution in [0.2, 0.25) is 5.02 Å². The van der Waals surface area contributed by atoms with Gasteiger partial charge in [0.05, 0.1) is 12.1 Å². The number of nitrogens with one attached hydrogen (secondary N) is 1. The molecule has 1 aliphatic heterocycles. The van der Waals surface area contributed by atoms with Crippen LogP contribution in [0.4, 0.5) is 20.2 Å². The molecule has 0 aromatic heterocycles. The third kappa shape index (κ3) is 6.23. The predicted molar refractivity (Wildman–Crippen MR) is 139 cm³/mol. The van der Waals surface area contributed by atoms with Crippen LogP contribution < -0.4 is 10.2 Å². The van der Waals surface area contributed by atoms with Crippen molar-refractivity contribution >= 4 is 46.7 Å². The molecule has 202 valence electrons. The maximum atomic E-state index is 15.4. The number of benzene rings is 3. The predicted octanol–water partition coefficient (Wildman–Crippen LogP) is 5.77.